The van der Waals surface area contributed by atoms with Crippen LogP contribution in [-0.4, -0.2) is 41.3 Å². The summed E-state index contributed by atoms with van der Waals surface area (Å²) in [4.78, 5) is 12.7. The van der Waals surface area contributed by atoms with Gasteiger partial charge in [-0.1, -0.05) is 30.3 Å². The van der Waals surface area contributed by atoms with Gasteiger partial charge in [-0.3, -0.25) is 0 Å². The van der Waals surface area contributed by atoms with Crippen LogP contribution in [-0.2, 0) is 10.9 Å². The Bertz CT molecular complexity index is 1210. The molecule has 9 heteroatoms. The summed E-state index contributed by atoms with van der Waals surface area (Å²) >= 11 is 0. The summed E-state index contributed by atoms with van der Waals surface area (Å²) in [7, 11) is 0. The Morgan fingerprint density at radius 3 is 2.60 bits per heavy atom. The topological polar surface area (TPSA) is 66.1 Å². The van der Waals surface area contributed by atoms with Gasteiger partial charge < -0.3 is 19.9 Å². The maximum absolute atomic E-state index is 13.2. The third-order valence-electron chi connectivity index (χ3n) is 5.23. The van der Waals surface area contributed by atoms with Gasteiger partial charge in [-0.2, -0.15) is 13.2 Å². The van der Waals surface area contributed by atoms with E-state index < -0.39 is 11.9 Å². The summed E-state index contributed by atoms with van der Waals surface area (Å²) in [6, 6.07) is 13.0. The number of aromatic amines is 1. The predicted molar refractivity (Wildman–Crippen MR) is 109 cm³/mol. The van der Waals surface area contributed by atoms with Crippen LogP contribution in [0.15, 0.2) is 48.8 Å². The normalized spacial score (nSPS) is 15.1. The molecule has 3 heterocycles. The van der Waals surface area contributed by atoms with Crippen molar-refractivity contribution in [3.63, 3.8) is 0 Å². The minimum absolute atomic E-state index is 0.132. The maximum atomic E-state index is 13.2. The molecule has 1 aliphatic rings. The molecular formula is C21H18F3N5O. The van der Waals surface area contributed by atoms with E-state index in [0.717, 1.165) is 41.3 Å². The number of halogens is 3. The monoisotopic (exact) mass is 413 g/mol. The minimum Gasteiger partial charge on any atom is -0.378 e. The lowest BCUT2D eigenvalue weighted by molar-refractivity contribution is -0.140. The fourth-order valence-electron chi connectivity index (χ4n) is 3.77. The molecule has 5 rings (SSSR count). The van der Waals surface area contributed by atoms with E-state index in [-0.39, 0.29) is 11.0 Å². The number of benzene rings is 2. The molecule has 2 aromatic carbocycles. The van der Waals surface area contributed by atoms with Gasteiger partial charge in [0.2, 0.25) is 0 Å². The van der Waals surface area contributed by atoms with Gasteiger partial charge in [-0.25, -0.2) is 9.97 Å². The molecular weight excluding hydrogens is 395 g/mol. The molecule has 1 aliphatic heterocycles. The van der Waals surface area contributed by atoms with Crippen molar-refractivity contribution in [1.82, 2.24) is 15.0 Å². The molecule has 0 atom stereocenters. The number of ether oxygens (including phenoxy) is 1. The lowest BCUT2D eigenvalue weighted by atomic mass is 10.1. The molecule has 0 amide bonds. The summed E-state index contributed by atoms with van der Waals surface area (Å²) in [5.74, 6) is 0.317. The highest BCUT2D eigenvalue weighted by molar-refractivity contribution is 6.03. The fourth-order valence-corrected chi connectivity index (χ4v) is 3.77. The van der Waals surface area contributed by atoms with Gasteiger partial charge in [0, 0.05) is 18.5 Å². The number of hydrogen-bond acceptors (Lipinski definition) is 5. The van der Waals surface area contributed by atoms with Gasteiger partial charge in [0.05, 0.1) is 30.0 Å². The molecule has 0 radical (unpaired) electrons. The Kier molecular flexibility index (Phi) is 4.47. The fraction of sp³-hybridized carbons (Fsp3) is 0.238. The summed E-state index contributed by atoms with van der Waals surface area (Å²) in [6.45, 7) is 2.71. The van der Waals surface area contributed by atoms with Crippen LogP contribution in [0.25, 0.3) is 21.8 Å². The molecule has 4 aromatic rings. The standard InChI is InChI=1S/C21H18F3N5O/c22-21(23,24)17-11-15-19(27-17)25-12-26-20(15)28-18-14-4-2-1-3-13(14)5-6-16(18)29-7-9-30-10-8-29/h1-6,11-12H,7-10H2,(H2,25,26,27,28). The van der Waals surface area contributed by atoms with Gasteiger partial charge in [0.1, 0.15) is 23.5 Å². The van der Waals surface area contributed by atoms with E-state index in [2.05, 4.69) is 25.2 Å². The predicted octanol–water partition coefficient (Wildman–Crippen LogP) is 4.71. The number of alkyl halides is 3. The van der Waals surface area contributed by atoms with Crippen LogP contribution in [0, 0.1) is 0 Å². The molecule has 0 spiro atoms. The molecule has 0 aliphatic carbocycles. The van der Waals surface area contributed by atoms with E-state index in [1.807, 2.05) is 36.4 Å². The van der Waals surface area contributed by atoms with Crippen LogP contribution >= 0.6 is 0 Å². The number of nitrogens with one attached hydrogen (secondary N) is 2. The quantitative estimate of drug-likeness (QED) is 0.509. The number of H-pyrrole nitrogens is 1. The molecule has 0 unspecified atom stereocenters. The van der Waals surface area contributed by atoms with Gasteiger partial charge in [-0.15, -0.1) is 0 Å². The van der Waals surface area contributed by atoms with Crippen molar-refractivity contribution in [2.24, 2.45) is 0 Å². The van der Waals surface area contributed by atoms with E-state index in [9.17, 15) is 13.2 Å². The van der Waals surface area contributed by atoms with Crippen molar-refractivity contribution in [2.75, 3.05) is 36.5 Å². The number of aromatic nitrogens is 3. The first-order valence-electron chi connectivity index (χ1n) is 9.53. The highest BCUT2D eigenvalue weighted by Gasteiger charge is 2.33. The third-order valence-corrected chi connectivity index (χ3v) is 5.23. The van der Waals surface area contributed by atoms with E-state index in [0.29, 0.717) is 19.0 Å². The molecule has 6 nitrogen and oxygen atoms in total. The number of rotatable bonds is 3. The largest absolute Gasteiger partial charge is 0.431 e. The van der Waals surface area contributed by atoms with Gasteiger partial charge in [0.15, 0.2) is 0 Å². The van der Waals surface area contributed by atoms with Crippen molar-refractivity contribution >= 4 is 39.0 Å². The molecule has 1 fully saturated rings. The number of nitrogens with zero attached hydrogens (tertiary/aromatic N) is 3. The Labute approximate surface area is 169 Å². The van der Waals surface area contributed by atoms with E-state index in [1.54, 1.807) is 0 Å². The average Bonchev–Trinajstić information content (AvgIpc) is 3.21. The van der Waals surface area contributed by atoms with Crippen molar-refractivity contribution < 1.29 is 17.9 Å². The number of morpholine rings is 1. The summed E-state index contributed by atoms with van der Waals surface area (Å²) < 4.78 is 45.0. The van der Waals surface area contributed by atoms with Crippen LogP contribution in [0.5, 0.6) is 0 Å². The van der Waals surface area contributed by atoms with Crippen LogP contribution in [0.2, 0.25) is 0 Å². The zero-order chi connectivity index (χ0) is 20.7. The first kappa shape index (κ1) is 18.7. The molecule has 30 heavy (non-hydrogen) atoms. The van der Waals surface area contributed by atoms with E-state index >= 15 is 0 Å². The van der Waals surface area contributed by atoms with Crippen molar-refractivity contribution in [3.8, 4) is 0 Å². The zero-order valence-electron chi connectivity index (χ0n) is 15.8. The SMILES string of the molecule is FC(F)(F)c1cc2c(Nc3c(N4CCOCC4)ccc4ccccc34)ncnc2[nH]1. The zero-order valence-corrected chi connectivity index (χ0v) is 15.8. The first-order valence-corrected chi connectivity index (χ1v) is 9.53. The van der Waals surface area contributed by atoms with E-state index in [1.165, 1.54) is 6.33 Å². The highest BCUT2D eigenvalue weighted by atomic mass is 19.4. The molecule has 0 bridgehead atoms. The van der Waals surface area contributed by atoms with Crippen LogP contribution in [0.4, 0.5) is 30.4 Å². The molecule has 154 valence electrons. The second-order valence-electron chi connectivity index (χ2n) is 7.07. The van der Waals surface area contributed by atoms with Crippen molar-refractivity contribution in [1.29, 1.82) is 0 Å². The Morgan fingerprint density at radius 2 is 1.80 bits per heavy atom. The highest BCUT2D eigenvalue weighted by Crippen LogP contribution is 2.38. The number of fused-ring (bicyclic) bond motifs is 2. The van der Waals surface area contributed by atoms with Crippen LogP contribution < -0.4 is 10.2 Å². The Hall–Kier alpha value is -3.33. The molecule has 2 aromatic heterocycles. The smallest absolute Gasteiger partial charge is 0.378 e. The van der Waals surface area contributed by atoms with Gasteiger partial charge in [0.25, 0.3) is 0 Å². The second kappa shape index (κ2) is 7.17. The average molecular weight is 413 g/mol. The van der Waals surface area contributed by atoms with Gasteiger partial charge in [-0.05, 0) is 17.5 Å². The van der Waals surface area contributed by atoms with E-state index in [4.69, 9.17) is 4.74 Å². The Morgan fingerprint density at radius 1 is 1.00 bits per heavy atom. The first-order chi connectivity index (χ1) is 14.5. The van der Waals surface area contributed by atoms with Crippen molar-refractivity contribution in [2.45, 2.75) is 6.18 Å². The molecule has 1 saturated heterocycles. The lowest BCUT2D eigenvalue weighted by Crippen LogP contribution is -2.36. The summed E-state index contributed by atoms with van der Waals surface area (Å²) in [6.07, 6.45) is -3.24. The summed E-state index contributed by atoms with van der Waals surface area (Å²) in [5.41, 5.74) is 1.03. The summed E-state index contributed by atoms with van der Waals surface area (Å²) in [5, 5.41) is 5.56. The molecule has 0 saturated carbocycles. The minimum atomic E-state index is -4.49. The number of anilines is 3. The van der Waals surface area contributed by atoms with Crippen LogP contribution in [0.3, 0.4) is 0 Å². The maximum Gasteiger partial charge on any atom is 0.431 e. The third kappa shape index (κ3) is 3.30. The van der Waals surface area contributed by atoms with Gasteiger partial charge >= 0.3 is 6.18 Å². The Balaban J connectivity index is 1.65. The second-order valence-corrected chi connectivity index (χ2v) is 7.07. The lowest BCUT2D eigenvalue weighted by Gasteiger charge is -2.31. The van der Waals surface area contributed by atoms with Crippen LogP contribution in [0.1, 0.15) is 5.69 Å². The number of hydrogen-bond donors (Lipinski definition) is 2. The van der Waals surface area contributed by atoms with Crippen molar-refractivity contribution in [3.05, 3.63) is 54.5 Å². The molecule has 2 N–H and O–H groups in total.